The van der Waals surface area contributed by atoms with E-state index in [4.69, 9.17) is 5.73 Å². The first kappa shape index (κ1) is 18.9. The number of hydrogen-bond donors (Lipinski definition) is 1. The predicted octanol–water partition coefficient (Wildman–Crippen LogP) is 1.09. The van der Waals surface area contributed by atoms with Crippen molar-refractivity contribution >= 4 is 15.5 Å². The normalized spacial score (nSPS) is 11.7. The second-order valence-corrected chi connectivity index (χ2v) is 8.03. The number of fused-ring (bicyclic) bond motifs is 1. The number of H-pyrrole nitrogens is 1. The van der Waals surface area contributed by atoms with E-state index in [1.807, 2.05) is 0 Å². The smallest absolute Gasteiger partial charge is 0.327 e. The van der Waals surface area contributed by atoms with Gasteiger partial charge in [-0.15, -0.1) is 9.08 Å². The molecule has 0 aliphatic rings. The molecule has 7 nitrogen and oxygen atoms in total. The van der Waals surface area contributed by atoms with E-state index in [-0.39, 0.29) is 23.6 Å². The number of nitrogens with two attached hydrogens (primary N) is 1. The third-order valence-electron chi connectivity index (χ3n) is 4.12. The van der Waals surface area contributed by atoms with Crippen molar-refractivity contribution in [2.75, 3.05) is 12.8 Å². The number of rotatable bonds is 5. The molecule has 0 aliphatic heterocycles. The van der Waals surface area contributed by atoms with E-state index in [1.165, 1.54) is 22.7 Å². The van der Waals surface area contributed by atoms with Gasteiger partial charge >= 0.3 is 11.3 Å². The van der Waals surface area contributed by atoms with E-state index in [0.29, 0.717) is 5.65 Å². The van der Waals surface area contributed by atoms with Crippen LogP contribution in [0.3, 0.4) is 0 Å². The van der Waals surface area contributed by atoms with Gasteiger partial charge in [0.1, 0.15) is 6.20 Å². The fourth-order valence-electron chi connectivity index (χ4n) is 2.64. The summed E-state index contributed by atoms with van der Waals surface area (Å²) < 4.78 is 51.0. The number of pyridine rings is 1. The summed E-state index contributed by atoms with van der Waals surface area (Å²) in [6.07, 6.45) is 0.740. The summed E-state index contributed by atoms with van der Waals surface area (Å²) in [6.45, 7) is -0.690. The molecule has 1 aromatic carbocycles. The van der Waals surface area contributed by atoms with Crippen LogP contribution in [-0.4, -0.2) is 30.3 Å². The highest BCUT2D eigenvalue weighted by Crippen LogP contribution is 2.21. The van der Waals surface area contributed by atoms with Gasteiger partial charge in [-0.1, -0.05) is 12.1 Å². The molecule has 3 N–H and O–H groups in total. The third kappa shape index (κ3) is 3.81. The van der Waals surface area contributed by atoms with Gasteiger partial charge in [0.2, 0.25) is 0 Å². The van der Waals surface area contributed by atoms with Crippen LogP contribution in [0, 0.1) is 0 Å². The Kier molecular flexibility index (Phi) is 4.94. The first-order valence-electron chi connectivity index (χ1n) is 7.88. The maximum atomic E-state index is 12.8. The number of benzene rings is 1. The average Bonchev–Trinajstić information content (AvgIpc) is 2.94. The number of sulfone groups is 1. The van der Waals surface area contributed by atoms with Crippen LogP contribution in [0.25, 0.3) is 16.8 Å². The Hall–Kier alpha value is -2.85. The molecular weight excluding hydrogens is 378 g/mol. The van der Waals surface area contributed by atoms with E-state index in [2.05, 4.69) is 5.10 Å². The monoisotopic (exact) mass is 395 g/mol. The highest BCUT2D eigenvalue weighted by molar-refractivity contribution is 7.90. The lowest BCUT2D eigenvalue weighted by molar-refractivity contribution is -0.464. The molecule has 0 saturated heterocycles. The largest absolute Gasteiger partial charge is 0.451 e. The van der Waals surface area contributed by atoms with Gasteiger partial charge < -0.3 is 5.73 Å². The molecule has 10 heteroatoms. The van der Waals surface area contributed by atoms with Crippen molar-refractivity contribution in [3.8, 4) is 11.1 Å². The van der Waals surface area contributed by atoms with Gasteiger partial charge in [-0.3, -0.25) is 0 Å². The van der Waals surface area contributed by atoms with Crippen molar-refractivity contribution in [1.29, 1.82) is 0 Å². The van der Waals surface area contributed by atoms with Crippen LogP contribution in [0.2, 0.25) is 0 Å². The zero-order valence-corrected chi connectivity index (χ0v) is 15.1. The molecule has 2 aromatic heterocycles. The molecule has 0 bridgehead atoms. The Morgan fingerprint density at radius 2 is 1.81 bits per heavy atom. The van der Waals surface area contributed by atoms with Crippen LogP contribution in [0.5, 0.6) is 0 Å². The zero-order chi connectivity index (χ0) is 19.8. The Labute approximate surface area is 153 Å². The number of nitrogens with one attached hydrogen (secondary N) is 1. The topological polar surface area (TPSA) is 101 Å². The summed E-state index contributed by atoms with van der Waals surface area (Å²) in [4.78, 5) is 12.5. The maximum absolute atomic E-state index is 12.8. The van der Waals surface area contributed by atoms with Gasteiger partial charge in [0.05, 0.1) is 11.4 Å². The molecule has 3 rings (SSSR count). The second kappa shape index (κ2) is 7.05. The van der Waals surface area contributed by atoms with Crippen LogP contribution in [0.15, 0.2) is 63.9 Å². The van der Waals surface area contributed by atoms with Crippen molar-refractivity contribution in [2.24, 2.45) is 5.73 Å². The van der Waals surface area contributed by atoms with Crippen LogP contribution in [0.1, 0.15) is 0 Å². The number of halogens is 2. The molecule has 3 aromatic rings. The van der Waals surface area contributed by atoms with Gasteiger partial charge in [-0.2, -0.15) is 13.9 Å². The molecule has 2 heterocycles. The molecular formula is C17H17F2N4O3S+. The maximum Gasteiger partial charge on any atom is 0.451 e. The summed E-state index contributed by atoms with van der Waals surface area (Å²) in [5.41, 5.74) is 6.34. The Balaban J connectivity index is 2.01. The number of nitrogens with zero attached hydrogens (tertiary/aromatic N) is 2. The van der Waals surface area contributed by atoms with Crippen molar-refractivity contribution in [1.82, 2.24) is 9.08 Å². The van der Waals surface area contributed by atoms with Gasteiger partial charge in [-0.05, 0) is 29.3 Å². The molecule has 27 heavy (non-hydrogen) atoms. The van der Waals surface area contributed by atoms with E-state index in [0.717, 1.165) is 22.1 Å². The van der Waals surface area contributed by atoms with Gasteiger partial charge in [0, 0.05) is 24.4 Å². The molecule has 0 unspecified atom stereocenters. The van der Waals surface area contributed by atoms with Gasteiger partial charge in [0.25, 0.3) is 6.08 Å². The first-order chi connectivity index (χ1) is 12.7. The summed E-state index contributed by atoms with van der Waals surface area (Å²) in [7, 11) is -3.29. The molecule has 0 amide bonds. The van der Waals surface area contributed by atoms with Crippen molar-refractivity contribution in [2.45, 2.75) is 11.4 Å². The lowest BCUT2D eigenvalue weighted by atomic mass is 10.1. The molecule has 0 spiro atoms. The van der Waals surface area contributed by atoms with Crippen molar-refractivity contribution in [3.05, 3.63) is 64.7 Å². The lowest BCUT2D eigenvalue weighted by Crippen LogP contribution is -2.31. The Bertz CT molecular complexity index is 1190. The number of hydrogen-bond acceptors (Lipinski definition) is 4. The van der Waals surface area contributed by atoms with Crippen LogP contribution in [-0.2, 0) is 16.4 Å². The number of aromatic amines is 1. The quantitative estimate of drug-likeness (QED) is 0.699. The van der Waals surface area contributed by atoms with Gasteiger partial charge in [0.15, 0.2) is 9.84 Å². The van der Waals surface area contributed by atoms with Crippen LogP contribution >= 0.6 is 0 Å². The zero-order valence-electron chi connectivity index (χ0n) is 14.3. The fraction of sp³-hybridized carbons (Fsp3) is 0.176. The van der Waals surface area contributed by atoms with E-state index in [9.17, 15) is 22.0 Å². The molecule has 0 aliphatic carbocycles. The summed E-state index contributed by atoms with van der Waals surface area (Å²) in [5.74, 6) is 0. The fourth-order valence-corrected chi connectivity index (χ4v) is 3.27. The highest BCUT2D eigenvalue weighted by atomic mass is 32.2. The van der Waals surface area contributed by atoms with E-state index in [1.54, 1.807) is 24.3 Å². The van der Waals surface area contributed by atoms with Crippen LogP contribution < -0.4 is 16.5 Å². The lowest BCUT2D eigenvalue weighted by Gasteiger charge is -2.02. The summed E-state index contributed by atoms with van der Waals surface area (Å²) in [5, 5.41) is 2.78. The highest BCUT2D eigenvalue weighted by Gasteiger charge is 2.17. The standard InChI is InChI=1S/C17H16F2N4O3S/c1-27(25,26)14-4-2-11(3-5-14)12-6-7-22-15(8-12)21-23(17(22)24)10-13(9-20)16(18)19/h2-8H,9-10,20H2,1H3/p+1. The van der Waals surface area contributed by atoms with Crippen molar-refractivity contribution in [3.63, 3.8) is 0 Å². The summed E-state index contributed by atoms with van der Waals surface area (Å²) >= 11 is 0. The van der Waals surface area contributed by atoms with Crippen LogP contribution in [0.4, 0.5) is 8.78 Å². The third-order valence-corrected chi connectivity index (χ3v) is 5.25. The molecule has 0 saturated carbocycles. The minimum atomic E-state index is -3.29. The van der Waals surface area contributed by atoms with Gasteiger partial charge in [-0.25, -0.2) is 13.2 Å². The molecule has 0 fully saturated rings. The van der Waals surface area contributed by atoms with E-state index >= 15 is 0 Å². The minimum absolute atomic E-state index is 0.204. The average molecular weight is 395 g/mol. The SMILES string of the molecule is CS(=O)(=O)c1ccc(-c2ccn3c(=O)n(CC(CN)=C(F)F)[nH+]c3c2)cc1. The Morgan fingerprint density at radius 1 is 1.15 bits per heavy atom. The van der Waals surface area contributed by atoms with Crippen molar-refractivity contribution < 1.29 is 22.3 Å². The first-order valence-corrected chi connectivity index (χ1v) is 9.77. The molecule has 142 valence electrons. The van der Waals surface area contributed by atoms with E-state index < -0.39 is 21.6 Å². The predicted molar refractivity (Wildman–Crippen MR) is 95.1 cm³/mol. The second-order valence-electron chi connectivity index (χ2n) is 6.02. The molecule has 0 radical (unpaired) electrons. The number of aromatic nitrogens is 3. The molecule has 0 atom stereocenters. The minimum Gasteiger partial charge on any atom is -0.327 e. The Morgan fingerprint density at radius 3 is 2.37 bits per heavy atom. The summed E-state index contributed by atoms with van der Waals surface area (Å²) in [6, 6.07) is 9.66.